The predicted molar refractivity (Wildman–Crippen MR) is 420 cm³/mol. The summed E-state index contributed by atoms with van der Waals surface area (Å²) < 4.78 is 244. The molecule has 98 heavy (non-hydrogen) atoms. The van der Waals surface area contributed by atoms with Gasteiger partial charge >= 0.3 is 0 Å². The monoisotopic (exact) mass is 1340 g/mol. The molecule has 1 unspecified atom stereocenters. The van der Waals surface area contributed by atoms with E-state index in [0.29, 0.717) is 50.2 Å². The Balaban J connectivity index is 0.000000247. The number of pyridine rings is 5. The van der Waals surface area contributed by atoms with Gasteiger partial charge in [0.25, 0.3) is 0 Å². The van der Waals surface area contributed by atoms with Crippen molar-refractivity contribution < 1.29 is 64.0 Å². The van der Waals surface area contributed by atoms with Gasteiger partial charge in [-0.25, -0.2) is 22.8 Å². The van der Waals surface area contributed by atoms with E-state index in [0.717, 1.165) is 78.4 Å². The van der Waals surface area contributed by atoms with E-state index in [1.54, 1.807) is 149 Å². The Labute approximate surface area is 638 Å². The third-order valence-corrected chi connectivity index (χ3v) is 16.0. The summed E-state index contributed by atoms with van der Waals surface area (Å²) in [6, 6.07) is 39.8. The molecule has 0 saturated carbocycles. The van der Waals surface area contributed by atoms with Gasteiger partial charge in [-0.15, -0.1) is 0 Å². The Morgan fingerprint density at radius 1 is 0.347 bits per heavy atom. The van der Waals surface area contributed by atoms with E-state index in [1.807, 2.05) is 178 Å². The summed E-state index contributed by atoms with van der Waals surface area (Å²) in [7, 11) is 9.17. The molecule has 5 aromatic carbocycles. The third-order valence-electron chi connectivity index (χ3n) is 16.0. The summed E-state index contributed by atoms with van der Waals surface area (Å²) in [6.07, 6.45) is 2.45. The quantitative estimate of drug-likeness (QED) is 0.109. The third kappa shape index (κ3) is 23.0. The summed E-state index contributed by atoms with van der Waals surface area (Å²) in [5.74, 6) is -1.98. The van der Waals surface area contributed by atoms with Crippen LogP contribution in [0.4, 0.5) is 0 Å². The molecule has 0 saturated heterocycles. The molecule has 5 heterocycles. The highest BCUT2D eigenvalue weighted by Crippen LogP contribution is 2.31. The van der Waals surface area contributed by atoms with Gasteiger partial charge in [0.05, 0.1) is 0 Å². The van der Waals surface area contributed by atoms with Crippen molar-refractivity contribution in [3.05, 3.63) is 265 Å². The van der Waals surface area contributed by atoms with Crippen molar-refractivity contribution in [3.8, 4) is 56.3 Å². The molecule has 10 aromatic rings. The zero-order chi connectivity index (χ0) is 98.4. The maximum Gasteiger partial charge on any atom is 0.212 e. The van der Waals surface area contributed by atoms with Crippen LogP contribution >= 0.6 is 0 Å². The van der Waals surface area contributed by atoms with Gasteiger partial charge in [-0.3, -0.25) is 0 Å². The number of hydrogen-bond acceptors (Lipinski definition) is 0. The van der Waals surface area contributed by atoms with Crippen LogP contribution in [0.5, 0.6) is 0 Å². The molecule has 5 nitrogen and oxygen atoms in total. The normalized spacial score (nSPS) is 18.0. The van der Waals surface area contributed by atoms with E-state index in [9.17, 15) is 0 Å². The highest BCUT2D eigenvalue weighted by molar-refractivity contribution is 5.66. The highest BCUT2D eigenvalue weighted by Gasteiger charge is 2.23. The summed E-state index contributed by atoms with van der Waals surface area (Å²) in [5, 5.41) is 0. The molecule has 0 amide bonds. The number of nitrogens with zero attached hydrogens (tertiary/aromatic N) is 5. The lowest BCUT2D eigenvalue weighted by Crippen LogP contribution is -2.32. The largest absolute Gasteiger partial charge is 0.212 e. The predicted octanol–water partition coefficient (Wildman–Crippen LogP) is 21.3. The SMILES string of the molecule is [2H]C([2H])([2H])c1ccc(-c2cc(C([2H])([2H])C(C)(C)C)c(C([2H])([2H])[2H])c[n+]2C)c(C)c1.[2H]C([2H])([2H])c1ccc(-c2cc(C([2H])([2H])C(C)C)cc[n+]2C)c(C)c1.[2H]C([2H])([2H])c1ccc(-c2cc(C)c(C([2H])(C)C([2H])([2H])[2H])c[n+]2C)c(C)c1.[2H]C([2H])([2H])c1ccc(-c2ccc(C([2H])([2H])C(C)(C)C)c[n+]2C)c(C)c1.[2H]C([2H])([2H])c1ccc(-c2ccc(C([2H])([2H])C(C)C)c[n+]2C)c(C)c1. The van der Waals surface area contributed by atoms with Crippen molar-refractivity contribution in [1.82, 2.24) is 0 Å². The van der Waals surface area contributed by atoms with Crippen LogP contribution in [0.15, 0.2) is 171 Å². The Bertz CT molecular complexity index is 5620. The summed E-state index contributed by atoms with van der Waals surface area (Å²) in [5.41, 5.74) is 16.0. The Morgan fingerprint density at radius 2 is 0.714 bits per heavy atom. The zero-order valence-corrected chi connectivity index (χ0v) is 62.1. The van der Waals surface area contributed by atoms with Crippen LogP contribution in [-0.4, -0.2) is 0 Å². The van der Waals surface area contributed by atoms with E-state index >= 15 is 0 Å². The average molecular weight is 1340 g/mol. The Kier molecular flexibility index (Phi) is 16.0. The molecule has 0 aliphatic carbocycles. The lowest BCUT2D eigenvalue weighted by molar-refractivity contribution is -0.661. The number of benzene rings is 5. The summed E-state index contributed by atoms with van der Waals surface area (Å²) >= 11 is 0. The fraction of sp³-hybridized carbons (Fsp3) is 0.409. The molecule has 0 aliphatic heterocycles. The molecule has 0 spiro atoms. The minimum absolute atomic E-state index is 0.0274. The molecular formula is C93H126N5+5. The van der Waals surface area contributed by atoms with Crippen molar-refractivity contribution in [2.24, 2.45) is 57.9 Å². The van der Waals surface area contributed by atoms with Crippen LogP contribution in [-0.2, 0) is 60.7 Å². The number of aryl methyl sites for hydroxylation is 17. The van der Waals surface area contributed by atoms with Gasteiger partial charge < -0.3 is 0 Å². The van der Waals surface area contributed by atoms with Crippen molar-refractivity contribution >= 4 is 0 Å². The lowest BCUT2D eigenvalue weighted by Gasteiger charge is -2.19. The van der Waals surface area contributed by atoms with Crippen LogP contribution in [0.2, 0.25) is 0 Å². The van der Waals surface area contributed by atoms with Gasteiger partial charge in [0.2, 0.25) is 28.5 Å². The maximum atomic E-state index is 8.67. The molecule has 1 atom stereocenters. The number of hydrogen-bond donors (Lipinski definition) is 0. The van der Waals surface area contributed by atoms with Crippen LogP contribution in [0.3, 0.4) is 0 Å². The minimum Gasteiger partial charge on any atom is -0.201 e. The van der Waals surface area contributed by atoms with Gasteiger partial charge in [0.15, 0.2) is 31.0 Å². The molecule has 0 fully saturated rings. The first kappa shape index (κ1) is 45.5. The highest BCUT2D eigenvalue weighted by atomic mass is 14.9. The van der Waals surface area contributed by atoms with Crippen LogP contribution < -0.4 is 22.8 Å². The molecule has 5 aromatic heterocycles. The first-order valence-electron chi connectivity index (χ1n) is 48.3. The number of rotatable bonds is 12. The molecule has 0 bridgehead atoms. The second kappa shape index (κ2) is 34.6. The molecule has 518 valence electrons. The lowest BCUT2D eigenvalue weighted by atomic mass is 9.86. The maximum absolute atomic E-state index is 8.67. The van der Waals surface area contributed by atoms with Gasteiger partial charge in [-0.05, 0) is 224 Å². The Hall–Kier alpha value is -8.15. The smallest absolute Gasteiger partial charge is 0.201 e. The van der Waals surface area contributed by atoms with Gasteiger partial charge in [0, 0.05) is 128 Å². The molecule has 0 N–H and O–H groups in total. The van der Waals surface area contributed by atoms with E-state index in [-0.39, 0.29) is 34.1 Å². The van der Waals surface area contributed by atoms with Gasteiger partial charge in [-0.2, -0.15) is 0 Å². The number of aromatic nitrogens is 5. The standard InChI is InChI=1S/C20H28N.C19H26N.3C18H24N/c1-14-8-9-18(15(2)10-14)19-11-17(12-20(4,5)6)16(3)13-21(19)7;1-14-7-9-17(15(2)11-14)18-10-8-16(13-20(18)6)12-19(3,4)5;1-12(2)17-11-19(6)18(10-15(17)5)16-8-7-13(3)9-14(16)4;1-13(2)10-16-7-9-18(19(5)12-16)17-8-6-14(3)11-15(17)4;1-13(2)10-16-8-9-19(5)18(12-16)17-7-6-14(3)11-15(17)4/h8-11,13H,12H2,1-7H3;7-11,13H,12H2,1-6H3;7-12H,1-6H3;2*6-9,11-13H,10H2,1-5H3/q5*+1/i1D3,3D3,12D2;1D3,12D2;1D3,3D3,12D;2*3D3,10D2. The molecule has 5 heteroatoms. The van der Waals surface area contributed by atoms with Crippen LogP contribution in [0.25, 0.3) is 56.3 Å². The zero-order valence-electron chi connectivity index (χ0n) is 92.1. The average Bonchev–Trinajstić information content (AvgIpc) is 0.740. The molecular weight excluding hydrogens is 1190 g/mol. The Morgan fingerprint density at radius 3 is 1.09 bits per heavy atom. The van der Waals surface area contributed by atoms with Crippen molar-refractivity contribution in [2.45, 2.75) is 197 Å². The summed E-state index contributed by atoms with van der Waals surface area (Å²) in [6.45, 7) is 15.2. The topological polar surface area (TPSA) is 19.4 Å². The van der Waals surface area contributed by atoms with Crippen LogP contribution in [0.1, 0.15) is 225 Å². The molecule has 0 aliphatic rings. The molecule has 0 radical (unpaired) electrons. The van der Waals surface area contributed by atoms with E-state index in [2.05, 4.69) is 0 Å². The fourth-order valence-corrected chi connectivity index (χ4v) is 11.6. The second-order valence-electron chi connectivity index (χ2n) is 28.3. The van der Waals surface area contributed by atoms with E-state index in [4.69, 9.17) is 41.1 Å². The molecule has 10 rings (SSSR count). The van der Waals surface area contributed by atoms with Crippen LogP contribution in [0, 0.1) is 105 Å². The fourth-order valence-electron chi connectivity index (χ4n) is 11.6. The first-order chi connectivity index (χ1) is 57.7. The second-order valence-corrected chi connectivity index (χ2v) is 28.3. The van der Waals surface area contributed by atoms with Gasteiger partial charge in [0.1, 0.15) is 35.2 Å². The van der Waals surface area contributed by atoms with Gasteiger partial charge in [-0.1, -0.05) is 171 Å². The van der Waals surface area contributed by atoms with Crippen molar-refractivity contribution in [1.29, 1.82) is 0 Å². The van der Waals surface area contributed by atoms with Crippen molar-refractivity contribution in [2.75, 3.05) is 0 Å². The van der Waals surface area contributed by atoms with E-state index < -0.39 is 90.2 Å². The minimum atomic E-state index is -2.47. The van der Waals surface area contributed by atoms with Crippen molar-refractivity contribution in [3.63, 3.8) is 0 Å². The summed E-state index contributed by atoms with van der Waals surface area (Å²) in [4.78, 5) is 0. The first-order valence-corrected chi connectivity index (χ1v) is 33.3. The van der Waals surface area contributed by atoms with E-state index in [1.165, 1.54) is 19.2 Å².